The fraction of sp³-hybridized carbons (Fsp3) is 0.429. The van der Waals surface area contributed by atoms with Crippen LogP contribution >= 0.6 is 0 Å². The number of benzene rings is 1. The average molecular weight is 368 g/mol. The molecule has 1 amide bonds. The van der Waals surface area contributed by atoms with Gasteiger partial charge in [0, 0.05) is 24.5 Å². The number of aryl methyl sites for hydroxylation is 1. The third-order valence-corrected chi connectivity index (χ3v) is 4.65. The SMILES string of the molecule is CCOc1ccc(NC(=O)CN2CCC(CNc3cccc(C)n3)C2)cc1. The standard InChI is InChI=1S/C21H28N4O2/c1-3-27-19-9-7-18(8-10-19)24-21(26)15-25-12-11-17(14-25)13-22-20-6-4-5-16(2)23-20/h4-10,17H,3,11-15H2,1-2H3,(H,22,23)(H,24,26). The molecule has 1 saturated heterocycles. The quantitative estimate of drug-likeness (QED) is 0.749. The van der Waals surface area contributed by atoms with Crippen molar-refractivity contribution in [1.29, 1.82) is 0 Å². The van der Waals surface area contributed by atoms with Crippen LogP contribution in [-0.2, 0) is 4.79 Å². The van der Waals surface area contributed by atoms with Gasteiger partial charge in [0.05, 0.1) is 13.2 Å². The van der Waals surface area contributed by atoms with Crippen molar-refractivity contribution in [2.75, 3.05) is 43.4 Å². The summed E-state index contributed by atoms with van der Waals surface area (Å²) in [5.74, 6) is 2.29. The molecular weight excluding hydrogens is 340 g/mol. The van der Waals surface area contributed by atoms with Crippen LogP contribution in [0.5, 0.6) is 5.75 Å². The average Bonchev–Trinajstić information content (AvgIpc) is 3.09. The molecule has 6 heteroatoms. The molecule has 27 heavy (non-hydrogen) atoms. The number of anilines is 2. The summed E-state index contributed by atoms with van der Waals surface area (Å²) in [6, 6.07) is 13.5. The van der Waals surface area contributed by atoms with Crippen LogP contribution in [0.1, 0.15) is 19.0 Å². The highest BCUT2D eigenvalue weighted by atomic mass is 16.5. The molecule has 144 valence electrons. The predicted octanol–water partition coefficient (Wildman–Crippen LogP) is 3.16. The molecule has 0 aliphatic carbocycles. The van der Waals surface area contributed by atoms with Gasteiger partial charge in [-0.3, -0.25) is 9.69 Å². The van der Waals surface area contributed by atoms with Crippen molar-refractivity contribution in [2.45, 2.75) is 20.3 Å². The molecule has 1 fully saturated rings. The molecule has 2 N–H and O–H groups in total. The second-order valence-electron chi connectivity index (χ2n) is 6.94. The van der Waals surface area contributed by atoms with E-state index in [9.17, 15) is 4.79 Å². The van der Waals surface area contributed by atoms with E-state index in [1.165, 1.54) is 0 Å². The molecule has 0 spiro atoms. The lowest BCUT2D eigenvalue weighted by atomic mass is 10.1. The summed E-state index contributed by atoms with van der Waals surface area (Å²) in [5, 5.41) is 6.36. The molecular formula is C21H28N4O2. The van der Waals surface area contributed by atoms with Gasteiger partial charge in [-0.1, -0.05) is 6.07 Å². The van der Waals surface area contributed by atoms with Crippen molar-refractivity contribution in [1.82, 2.24) is 9.88 Å². The van der Waals surface area contributed by atoms with Crippen molar-refractivity contribution in [2.24, 2.45) is 5.92 Å². The van der Waals surface area contributed by atoms with Gasteiger partial charge in [0.1, 0.15) is 11.6 Å². The molecule has 1 aliphatic rings. The van der Waals surface area contributed by atoms with E-state index in [1.54, 1.807) is 0 Å². The molecule has 1 aromatic heterocycles. The lowest BCUT2D eigenvalue weighted by molar-refractivity contribution is -0.117. The van der Waals surface area contributed by atoms with Gasteiger partial charge in [-0.25, -0.2) is 4.98 Å². The first-order valence-electron chi connectivity index (χ1n) is 9.55. The zero-order chi connectivity index (χ0) is 19.1. The van der Waals surface area contributed by atoms with Gasteiger partial charge in [-0.15, -0.1) is 0 Å². The lowest BCUT2D eigenvalue weighted by Crippen LogP contribution is -2.32. The van der Waals surface area contributed by atoms with Crippen molar-refractivity contribution in [3.8, 4) is 5.75 Å². The van der Waals surface area contributed by atoms with Gasteiger partial charge in [-0.2, -0.15) is 0 Å². The van der Waals surface area contributed by atoms with Crippen molar-refractivity contribution in [3.05, 3.63) is 48.2 Å². The maximum Gasteiger partial charge on any atom is 0.238 e. The van der Waals surface area contributed by atoms with Crippen LogP contribution in [0.15, 0.2) is 42.5 Å². The number of hydrogen-bond donors (Lipinski definition) is 2. The minimum atomic E-state index is 0.0214. The maximum absolute atomic E-state index is 12.3. The third-order valence-electron chi connectivity index (χ3n) is 4.65. The molecule has 0 bridgehead atoms. The third kappa shape index (κ3) is 5.96. The van der Waals surface area contributed by atoms with Crippen LogP contribution in [0, 0.1) is 12.8 Å². The van der Waals surface area contributed by atoms with E-state index < -0.39 is 0 Å². The van der Waals surface area contributed by atoms with E-state index in [-0.39, 0.29) is 5.91 Å². The normalized spacial score (nSPS) is 16.9. The van der Waals surface area contributed by atoms with E-state index >= 15 is 0 Å². The topological polar surface area (TPSA) is 66.5 Å². The summed E-state index contributed by atoms with van der Waals surface area (Å²) in [4.78, 5) is 19.0. The Balaban J connectivity index is 1.40. The van der Waals surface area contributed by atoms with E-state index in [0.29, 0.717) is 19.1 Å². The summed E-state index contributed by atoms with van der Waals surface area (Å²) in [5.41, 5.74) is 1.81. The smallest absolute Gasteiger partial charge is 0.238 e. The van der Waals surface area contributed by atoms with Crippen LogP contribution in [0.4, 0.5) is 11.5 Å². The highest BCUT2D eigenvalue weighted by Crippen LogP contribution is 2.18. The van der Waals surface area contributed by atoms with Gasteiger partial charge in [0.25, 0.3) is 0 Å². The van der Waals surface area contributed by atoms with E-state index in [1.807, 2.05) is 56.3 Å². The number of ether oxygens (including phenoxy) is 1. The van der Waals surface area contributed by atoms with E-state index in [4.69, 9.17) is 4.74 Å². The summed E-state index contributed by atoms with van der Waals surface area (Å²) in [6.07, 6.45) is 1.09. The number of carbonyl (C=O) groups is 1. The van der Waals surface area contributed by atoms with Gasteiger partial charge in [-0.05, 0) is 69.1 Å². The predicted molar refractivity (Wildman–Crippen MR) is 108 cm³/mol. The second-order valence-corrected chi connectivity index (χ2v) is 6.94. The van der Waals surface area contributed by atoms with Gasteiger partial charge < -0.3 is 15.4 Å². The Labute approximate surface area is 160 Å². The van der Waals surface area contributed by atoms with Crippen molar-refractivity contribution in [3.63, 3.8) is 0 Å². The maximum atomic E-state index is 12.3. The highest BCUT2D eigenvalue weighted by Gasteiger charge is 2.24. The number of amides is 1. The molecule has 2 aromatic rings. The summed E-state index contributed by atoms with van der Waals surface area (Å²) in [6.45, 7) is 7.76. The Morgan fingerprint density at radius 1 is 1.26 bits per heavy atom. The Morgan fingerprint density at radius 3 is 2.81 bits per heavy atom. The molecule has 1 aromatic carbocycles. The second kappa shape index (κ2) is 9.37. The molecule has 1 atom stereocenters. The van der Waals surface area contributed by atoms with Crippen LogP contribution in [0.3, 0.4) is 0 Å². The van der Waals surface area contributed by atoms with Crippen LogP contribution < -0.4 is 15.4 Å². The minimum absolute atomic E-state index is 0.0214. The summed E-state index contributed by atoms with van der Waals surface area (Å²) in [7, 11) is 0. The molecule has 2 heterocycles. The first-order valence-corrected chi connectivity index (χ1v) is 9.55. The highest BCUT2D eigenvalue weighted by molar-refractivity contribution is 5.92. The molecule has 3 rings (SSSR count). The molecule has 1 aliphatic heterocycles. The first kappa shape index (κ1) is 19.2. The van der Waals surface area contributed by atoms with E-state index in [0.717, 1.165) is 49.0 Å². The zero-order valence-electron chi connectivity index (χ0n) is 16.1. The molecule has 1 unspecified atom stereocenters. The monoisotopic (exact) mass is 368 g/mol. The largest absolute Gasteiger partial charge is 0.494 e. The lowest BCUT2D eigenvalue weighted by Gasteiger charge is -2.16. The fourth-order valence-electron chi connectivity index (χ4n) is 3.32. The van der Waals surface area contributed by atoms with Crippen LogP contribution in [-0.4, -0.2) is 48.6 Å². The van der Waals surface area contributed by atoms with Gasteiger partial charge in [0.2, 0.25) is 5.91 Å². The Bertz CT molecular complexity index is 748. The Kier molecular flexibility index (Phi) is 6.65. The van der Waals surface area contributed by atoms with Crippen LogP contribution in [0.2, 0.25) is 0 Å². The summed E-state index contributed by atoms with van der Waals surface area (Å²) >= 11 is 0. The number of hydrogen-bond acceptors (Lipinski definition) is 5. The number of pyridine rings is 1. The number of nitrogens with one attached hydrogen (secondary N) is 2. The van der Waals surface area contributed by atoms with E-state index in [2.05, 4.69) is 20.5 Å². The molecule has 0 saturated carbocycles. The van der Waals surface area contributed by atoms with Gasteiger partial charge in [0.15, 0.2) is 0 Å². The van der Waals surface area contributed by atoms with Gasteiger partial charge >= 0.3 is 0 Å². The minimum Gasteiger partial charge on any atom is -0.494 e. The molecule has 6 nitrogen and oxygen atoms in total. The number of aromatic nitrogens is 1. The Hall–Kier alpha value is -2.60. The first-order chi connectivity index (χ1) is 13.1. The van der Waals surface area contributed by atoms with Crippen LogP contribution in [0.25, 0.3) is 0 Å². The zero-order valence-corrected chi connectivity index (χ0v) is 16.1. The van der Waals surface area contributed by atoms with Crippen molar-refractivity contribution >= 4 is 17.4 Å². The molecule has 0 radical (unpaired) electrons. The number of rotatable bonds is 8. The number of likely N-dealkylation sites (tertiary alicyclic amines) is 1. The Morgan fingerprint density at radius 2 is 2.07 bits per heavy atom. The number of carbonyl (C=O) groups excluding carboxylic acids is 1. The summed E-state index contributed by atoms with van der Waals surface area (Å²) < 4.78 is 5.42. The number of nitrogens with zero attached hydrogens (tertiary/aromatic N) is 2. The van der Waals surface area contributed by atoms with Crippen molar-refractivity contribution < 1.29 is 9.53 Å². The fourth-order valence-corrected chi connectivity index (χ4v) is 3.32.